The van der Waals surface area contributed by atoms with E-state index in [0.717, 1.165) is 38.2 Å². The number of hydrogen-bond donors (Lipinski definition) is 3. The number of carboxylic acids is 1. The number of likely N-dealkylation sites (tertiary alicyclic amines) is 1. The third-order valence-electron chi connectivity index (χ3n) is 5.46. The highest BCUT2D eigenvalue weighted by Gasteiger charge is 2.35. The number of nitrogens with zero attached hydrogens (tertiary/aromatic N) is 2. The van der Waals surface area contributed by atoms with Gasteiger partial charge in [-0.2, -0.15) is 0 Å². The molecule has 3 N–H and O–H groups in total. The normalized spacial score (nSPS) is 16.4. The molecule has 1 fully saturated rings. The zero-order valence-electron chi connectivity index (χ0n) is 16.3. The third-order valence-corrected chi connectivity index (χ3v) is 6.60. The number of carbonyl (C=O) groups excluding carboxylic acids is 1. The predicted molar refractivity (Wildman–Crippen MR) is 118 cm³/mol. The lowest BCUT2D eigenvalue weighted by Crippen LogP contribution is -2.40. The second-order valence-electron chi connectivity index (χ2n) is 7.56. The highest BCUT2D eigenvalue weighted by atomic mass is 32.1. The summed E-state index contributed by atoms with van der Waals surface area (Å²) < 4.78 is 0.872. The number of fused-ring (bicyclic) bond motifs is 2. The summed E-state index contributed by atoms with van der Waals surface area (Å²) in [6.07, 6.45) is 2.92. The number of pyridine rings is 1. The van der Waals surface area contributed by atoms with Crippen molar-refractivity contribution in [3.8, 4) is 0 Å². The van der Waals surface area contributed by atoms with Crippen LogP contribution in [-0.2, 0) is 4.79 Å². The lowest BCUT2D eigenvalue weighted by molar-refractivity contribution is -0.141. The van der Waals surface area contributed by atoms with E-state index in [1.807, 2.05) is 25.1 Å². The number of carboxylic acid groups (broad SMARTS) is 1. The van der Waals surface area contributed by atoms with Crippen molar-refractivity contribution in [2.45, 2.75) is 25.8 Å². The van der Waals surface area contributed by atoms with E-state index in [1.165, 1.54) is 16.2 Å². The molecule has 0 saturated carbocycles. The number of hydrogen-bond acceptors (Lipinski definition) is 5. The summed E-state index contributed by atoms with van der Waals surface area (Å²) in [7, 11) is 0. The summed E-state index contributed by atoms with van der Waals surface area (Å²) in [5, 5.41) is 13.9. The molecule has 4 heterocycles. The van der Waals surface area contributed by atoms with Gasteiger partial charge in [-0.3, -0.25) is 9.78 Å². The Bertz CT molecular complexity index is 1290. The van der Waals surface area contributed by atoms with Gasteiger partial charge in [0.05, 0.1) is 20.8 Å². The van der Waals surface area contributed by atoms with E-state index in [4.69, 9.17) is 0 Å². The molecule has 1 amide bonds. The number of anilines is 2. The lowest BCUT2D eigenvalue weighted by Gasteiger charge is -2.20. The number of aromatic nitrogens is 2. The van der Waals surface area contributed by atoms with E-state index < -0.39 is 12.0 Å². The standard InChI is InChI=1S/C22H20N4O3S/c1-12-9-13-10-14(4-5-15(13)24-12)25-16-6-7-23-17-11-19(30-20(16)17)21(27)26-8-2-3-18(26)22(28)29/h4-7,9-11,18,24H,2-3,8H2,1H3,(H,23,25)(H,28,29)/t18-/m0/s1. The number of carbonyl (C=O) groups is 2. The molecule has 1 saturated heterocycles. The lowest BCUT2D eigenvalue weighted by atomic mass is 10.2. The second kappa shape index (κ2) is 7.14. The van der Waals surface area contributed by atoms with Gasteiger partial charge in [0.15, 0.2) is 0 Å². The molecule has 152 valence electrons. The van der Waals surface area contributed by atoms with Gasteiger partial charge in [-0.15, -0.1) is 11.3 Å². The number of aliphatic carboxylic acids is 1. The summed E-state index contributed by atoms with van der Waals surface area (Å²) in [4.78, 5) is 34.1. The molecule has 1 aliphatic heterocycles. The fraction of sp³-hybridized carbons (Fsp3) is 0.227. The molecule has 3 aromatic heterocycles. The van der Waals surface area contributed by atoms with Crippen molar-refractivity contribution in [3.63, 3.8) is 0 Å². The van der Waals surface area contributed by atoms with Gasteiger partial charge in [0.2, 0.25) is 0 Å². The van der Waals surface area contributed by atoms with Crippen LogP contribution in [0.3, 0.4) is 0 Å². The molecule has 0 spiro atoms. The van der Waals surface area contributed by atoms with Crippen LogP contribution < -0.4 is 5.32 Å². The second-order valence-corrected chi connectivity index (χ2v) is 8.61. The highest BCUT2D eigenvalue weighted by molar-refractivity contribution is 7.21. The van der Waals surface area contributed by atoms with Crippen LogP contribution in [0.1, 0.15) is 28.2 Å². The van der Waals surface area contributed by atoms with Crippen LogP contribution >= 0.6 is 11.3 Å². The quantitative estimate of drug-likeness (QED) is 0.451. The minimum atomic E-state index is -0.946. The summed E-state index contributed by atoms with van der Waals surface area (Å²) >= 11 is 1.34. The van der Waals surface area contributed by atoms with Gasteiger partial charge in [-0.05, 0) is 56.2 Å². The molecule has 4 aromatic rings. The first-order valence-electron chi connectivity index (χ1n) is 9.78. The number of rotatable bonds is 4. The molecular weight excluding hydrogens is 400 g/mol. The van der Waals surface area contributed by atoms with Crippen LogP contribution in [-0.4, -0.2) is 44.4 Å². The average Bonchev–Trinajstić information content (AvgIpc) is 3.44. The van der Waals surface area contributed by atoms with Crippen molar-refractivity contribution < 1.29 is 14.7 Å². The molecule has 5 rings (SSSR count). The molecule has 7 nitrogen and oxygen atoms in total. The van der Waals surface area contributed by atoms with Gasteiger partial charge in [0.1, 0.15) is 6.04 Å². The summed E-state index contributed by atoms with van der Waals surface area (Å²) in [5.41, 5.74) is 4.72. The Morgan fingerprint density at radius 2 is 2.13 bits per heavy atom. The summed E-state index contributed by atoms with van der Waals surface area (Å²) in [6, 6.07) is 11.1. The zero-order valence-corrected chi connectivity index (χ0v) is 17.1. The van der Waals surface area contributed by atoms with Crippen LogP contribution in [0.25, 0.3) is 21.1 Å². The van der Waals surface area contributed by atoms with Crippen LogP contribution in [0.4, 0.5) is 11.4 Å². The number of thiophene rings is 1. The Hall–Kier alpha value is -3.39. The maximum absolute atomic E-state index is 13.0. The number of nitrogens with one attached hydrogen (secondary N) is 2. The van der Waals surface area contributed by atoms with Crippen LogP contribution in [0.15, 0.2) is 42.6 Å². The monoisotopic (exact) mass is 420 g/mol. The smallest absolute Gasteiger partial charge is 0.326 e. The largest absolute Gasteiger partial charge is 0.480 e. The van der Waals surface area contributed by atoms with Crippen LogP contribution in [0.2, 0.25) is 0 Å². The van der Waals surface area contributed by atoms with Gasteiger partial charge in [0.25, 0.3) is 5.91 Å². The molecule has 1 aromatic carbocycles. The first kappa shape index (κ1) is 18.6. The van der Waals surface area contributed by atoms with E-state index in [2.05, 4.69) is 27.4 Å². The molecule has 30 heavy (non-hydrogen) atoms. The van der Waals surface area contributed by atoms with Crippen molar-refractivity contribution in [2.75, 3.05) is 11.9 Å². The number of aromatic amines is 1. The molecule has 0 bridgehead atoms. The molecular formula is C22H20N4O3S. The predicted octanol–water partition coefficient (Wildman–Crippen LogP) is 4.52. The molecule has 1 atom stereocenters. The van der Waals surface area contributed by atoms with Gasteiger partial charge in [0, 0.05) is 35.0 Å². The Labute approximate surface area is 176 Å². The average molecular weight is 420 g/mol. The van der Waals surface area contributed by atoms with E-state index in [9.17, 15) is 14.7 Å². The molecule has 1 aliphatic rings. The Morgan fingerprint density at radius 3 is 2.97 bits per heavy atom. The molecule has 8 heteroatoms. The highest BCUT2D eigenvalue weighted by Crippen LogP contribution is 2.34. The minimum absolute atomic E-state index is 0.238. The summed E-state index contributed by atoms with van der Waals surface area (Å²) in [5.74, 6) is -1.18. The van der Waals surface area contributed by atoms with E-state index in [0.29, 0.717) is 24.3 Å². The fourth-order valence-electron chi connectivity index (χ4n) is 4.06. The maximum Gasteiger partial charge on any atom is 0.326 e. The van der Waals surface area contributed by atoms with Gasteiger partial charge in [-0.1, -0.05) is 0 Å². The third kappa shape index (κ3) is 3.19. The van der Waals surface area contributed by atoms with Gasteiger partial charge < -0.3 is 20.3 Å². The van der Waals surface area contributed by atoms with Crippen LogP contribution in [0, 0.1) is 6.92 Å². The fourth-order valence-corrected chi connectivity index (χ4v) is 5.10. The first-order chi connectivity index (χ1) is 14.5. The zero-order chi connectivity index (χ0) is 20.8. The maximum atomic E-state index is 13.0. The number of aryl methyl sites for hydroxylation is 1. The van der Waals surface area contributed by atoms with Gasteiger partial charge in [-0.25, -0.2) is 4.79 Å². The van der Waals surface area contributed by atoms with Crippen molar-refractivity contribution in [3.05, 3.63) is 53.2 Å². The molecule has 0 radical (unpaired) electrons. The number of amides is 1. The number of H-pyrrole nitrogens is 1. The van der Waals surface area contributed by atoms with Crippen molar-refractivity contribution in [2.24, 2.45) is 0 Å². The topological polar surface area (TPSA) is 98.3 Å². The first-order valence-corrected chi connectivity index (χ1v) is 10.6. The Morgan fingerprint density at radius 1 is 1.27 bits per heavy atom. The van der Waals surface area contributed by atoms with E-state index >= 15 is 0 Å². The van der Waals surface area contributed by atoms with E-state index in [1.54, 1.807) is 12.3 Å². The van der Waals surface area contributed by atoms with Crippen molar-refractivity contribution in [1.29, 1.82) is 0 Å². The van der Waals surface area contributed by atoms with Crippen molar-refractivity contribution in [1.82, 2.24) is 14.9 Å². The SMILES string of the molecule is Cc1cc2cc(Nc3ccnc4cc(C(=O)N5CCC[C@H]5C(=O)O)sc34)ccc2[nH]1. The summed E-state index contributed by atoms with van der Waals surface area (Å²) in [6.45, 7) is 2.50. The van der Waals surface area contributed by atoms with Crippen LogP contribution in [0.5, 0.6) is 0 Å². The van der Waals surface area contributed by atoms with E-state index in [-0.39, 0.29) is 5.91 Å². The molecule has 0 aliphatic carbocycles. The Balaban J connectivity index is 1.47. The van der Waals surface area contributed by atoms with Gasteiger partial charge >= 0.3 is 5.97 Å². The van der Waals surface area contributed by atoms with Crippen molar-refractivity contribution >= 4 is 55.7 Å². The Kier molecular flexibility index (Phi) is 4.43. The number of benzene rings is 1. The minimum Gasteiger partial charge on any atom is -0.480 e. The molecule has 0 unspecified atom stereocenters.